The maximum absolute atomic E-state index is 12.9. The highest BCUT2D eigenvalue weighted by atomic mass is 32.2. The van der Waals surface area contributed by atoms with Crippen molar-refractivity contribution in [3.05, 3.63) is 53.3 Å². The number of piperazine rings is 1. The molecule has 8 heteroatoms. The SMILES string of the molecule is CCN(CC)S(=O)(=O)N1CCN(C(=O)c2ccc(-n3c(C)ccc3C)cc2)CC1. The van der Waals surface area contributed by atoms with Crippen molar-refractivity contribution >= 4 is 16.1 Å². The van der Waals surface area contributed by atoms with Gasteiger partial charge in [-0.15, -0.1) is 0 Å². The highest BCUT2D eigenvalue weighted by molar-refractivity contribution is 7.86. The Morgan fingerprint density at radius 3 is 1.90 bits per heavy atom. The van der Waals surface area contributed by atoms with Crippen molar-refractivity contribution in [1.29, 1.82) is 0 Å². The Labute approximate surface area is 173 Å². The van der Waals surface area contributed by atoms with Crippen molar-refractivity contribution in [3.8, 4) is 5.69 Å². The van der Waals surface area contributed by atoms with E-state index in [0.717, 1.165) is 17.1 Å². The summed E-state index contributed by atoms with van der Waals surface area (Å²) >= 11 is 0. The number of carbonyl (C=O) groups excluding carboxylic acids is 1. The molecule has 1 fully saturated rings. The van der Waals surface area contributed by atoms with Gasteiger partial charge in [-0.25, -0.2) is 0 Å². The van der Waals surface area contributed by atoms with E-state index in [1.54, 1.807) is 4.90 Å². The Morgan fingerprint density at radius 1 is 0.897 bits per heavy atom. The second-order valence-electron chi connectivity index (χ2n) is 7.28. The van der Waals surface area contributed by atoms with Gasteiger partial charge in [0, 0.05) is 61.9 Å². The van der Waals surface area contributed by atoms with Crippen LogP contribution in [0.2, 0.25) is 0 Å². The molecule has 1 aromatic heterocycles. The van der Waals surface area contributed by atoms with E-state index in [4.69, 9.17) is 0 Å². The molecule has 1 amide bonds. The summed E-state index contributed by atoms with van der Waals surface area (Å²) in [6, 6.07) is 11.7. The van der Waals surface area contributed by atoms with Gasteiger partial charge in [0.2, 0.25) is 0 Å². The number of nitrogens with zero attached hydrogens (tertiary/aromatic N) is 4. The second-order valence-corrected chi connectivity index (χ2v) is 9.21. The molecule has 0 unspecified atom stereocenters. The minimum absolute atomic E-state index is 0.0580. The Balaban J connectivity index is 1.67. The van der Waals surface area contributed by atoms with Gasteiger partial charge >= 0.3 is 0 Å². The van der Waals surface area contributed by atoms with Crippen LogP contribution >= 0.6 is 0 Å². The average molecular weight is 419 g/mol. The Kier molecular flexibility index (Phi) is 6.45. The van der Waals surface area contributed by atoms with Crippen LogP contribution in [0.15, 0.2) is 36.4 Å². The smallest absolute Gasteiger partial charge is 0.282 e. The predicted molar refractivity (Wildman–Crippen MR) is 115 cm³/mol. The number of hydrogen-bond acceptors (Lipinski definition) is 3. The van der Waals surface area contributed by atoms with Crippen LogP contribution in [0.4, 0.5) is 0 Å². The molecule has 0 atom stereocenters. The third kappa shape index (κ3) is 4.24. The highest BCUT2D eigenvalue weighted by Gasteiger charge is 2.32. The zero-order valence-corrected chi connectivity index (χ0v) is 18.4. The largest absolute Gasteiger partial charge is 0.336 e. The van der Waals surface area contributed by atoms with E-state index >= 15 is 0 Å². The van der Waals surface area contributed by atoms with Gasteiger partial charge in [0.1, 0.15) is 0 Å². The van der Waals surface area contributed by atoms with Crippen LogP contribution in [-0.2, 0) is 10.2 Å². The van der Waals surface area contributed by atoms with Gasteiger partial charge in [0.25, 0.3) is 16.1 Å². The zero-order chi connectivity index (χ0) is 21.2. The van der Waals surface area contributed by atoms with Gasteiger partial charge in [-0.2, -0.15) is 17.0 Å². The molecule has 0 aliphatic carbocycles. The van der Waals surface area contributed by atoms with Crippen molar-refractivity contribution in [2.45, 2.75) is 27.7 Å². The molecule has 1 saturated heterocycles. The first kappa shape index (κ1) is 21.5. The Morgan fingerprint density at radius 2 is 1.41 bits per heavy atom. The lowest BCUT2D eigenvalue weighted by atomic mass is 10.1. The summed E-state index contributed by atoms with van der Waals surface area (Å²) in [6.07, 6.45) is 0. The fourth-order valence-electron chi connectivity index (χ4n) is 3.85. The number of amides is 1. The van der Waals surface area contributed by atoms with Gasteiger partial charge < -0.3 is 9.47 Å². The molecule has 158 valence electrons. The zero-order valence-electron chi connectivity index (χ0n) is 17.6. The third-order valence-corrected chi connectivity index (χ3v) is 7.71. The molecule has 2 heterocycles. The standard InChI is InChI=1S/C21H30N4O3S/c1-5-23(6-2)29(27,28)24-15-13-22(14-16-24)21(26)19-9-11-20(12-10-19)25-17(3)7-8-18(25)4/h7-12H,5-6,13-16H2,1-4H3. The number of rotatable bonds is 6. The summed E-state index contributed by atoms with van der Waals surface area (Å²) in [7, 11) is -3.45. The average Bonchev–Trinajstić information content (AvgIpc) is 3.06. The molecule has 0 bridgehead atoms. The van der Waals surface area contributed by atoms with Crippen LogP contribution in [-0.4, -0.2) is 71.7 Å². The molecule has 0 radical (unpaired) electrons. The van der Waals surface area contributed by atoms with Gasteiger partial charge in [-0.1, -0.05) is 13.8 Å². The monoisotopic (exact) mass is 418 g/mol. The molecule has 0 spiro atoms. The Bertz CT molecular complexity index is 935. The number of aromatic nitrogens is 1. The normalized spacial score (nSPS) is 15.8. The first-order chi connectivity index (χ1) is 13.8. The fraction of sp³-hybridized carbons (Fsp3) is 0.476. The number of benzene rings is 1. The maximum atomic E-state index is 12.9. The number of carbonyl (C=O) groups is 1. The third-order valence-electron chi connectivity index (χ3n) is 5.53. The van der Waals surface area contributed by atoms with E-state index < -0.39 is 10.2 Å². The van der Waals surface area contributed by atoms with Crippen molar-refractivity contribution < 1.29 is 13.2 Å². The molecule has 29 heavy (non-hydrogen) atoms. The van der Waals surface area contributed by atoms with Gasteiger partial charge in [-0.05, 0) is 50.2 Å². The molecular formula is C21H30N4O3S. The van der Waals surface area contributed by atoms with E-state index in [9.17, 15) is 13.2 Å². The van der Waals surface area contributed by atoms with E-state index in [2.05, 4.69) is 30.5 Å². The van der Waals surface area contributed by atoms with E-state index in [1.165, 1.54) is 8.61 Å². The molecule has 0 saturated carbocycles. The van der Waals surface area contributed by atoms with Crippen molar-refractivity contribution in [2.75, 3.05) is 39.3 Å². The molecule has 3 rings (SSSR count). The predicted octanol–water partition coefficient (Wildman–Crippen LogP) is 2.44. The van der Waals surface area contributed by atoms with Crippen molar-refractivity contribution in [1.82, 2.24) is 18.1 Å². The van der Waals surface area contributed by atoms with Crippen LogP contribution in [0.25, 0.3) is 5.69 Å². The molecular weight excluding hydrogens is 388 g/mol. The molecule has 0 N–H and O–H groups in total. The highest BCUT2D eigenvalue weighted by Crippen LogP contribution is 2.19. The van der Waals surface area contributed by atoms with Crippen LogP contribution in [0.3, 0.4) is 0 Å². The first-order valence-corrected chi connectivity index (χ1v) is 11.5. The first-order valence-electron chi connectivity index (χ1n) is 10.1. The van der Waals surface area contributed by atoms with Crippen molar-refractivity contribution in [3.63, 3.8) is 0 Å². The van der Waals surface area contributed by atoms with Crippen molar-refractivity contribution in [2.24, 2.45) is 0 Å². The minimum Gasteiger partial charge on any atom is -0.336 e. The van der Waals surface area contributed by atoms with Crippen LogP contribution in [0.1, 0.15) is 35.6 Å². The summed E-state index contributed by atoms with van der Waals surface area (Å²) < 4.78 is 30.4. The number of hydrogen-bond donors (Lipinski definition) is 0. The van der Waals surface area contributed by atoms with Gasteiger partial charge in [-0.3, -0.25) is 4.79 Å². The number of aryl methyl sites for hydroxylation is 2. The minimum atomic E-state index is -3.45. The molecule has 7 nitrogen and oxygen atoms in total. The Hall–Kier alpha value is -2.16. The molecule has 1 aliphatic rings. The summed E-state index contributed by atoms with van der Waals surface area (Å²) in [5.74, 6) is -0.0580. The van der Waals surface area contributed by atoms with E-state index in [1.807, 2.05) is 38.1 Å². The summed E-state index contributed by atoms with van der Waals surface area (Å²) in [4.78, 5) is 14.6. The van der Waals surface area contributed by atoms with Gasteiger partial charge in [0.05, 0.1) is 0 Å². The lowest BCUT2D eigenvalue weighted by molar-refractivity contribution is 0.0694. The van der Waals surface area contributed by atoms with Gasteiger partial charge in [0.15, 0.2) is 0 Å². The van der Waals surface area contributed by atoms with E-state index in [-0.39, 0.29) is 5.91 Å². The quantitative estimate of drug-likeness (QED) is 0.724. The molecule has 2 aromatic rings. The molecule has 1 aromatic carbocycles. The fourth-order valence-corrected chi connectivity index (χ4v) is 5.45. The maximum Gasteiger partial charge on any atom is 0.282 e. The van der Waals surface area contributed by atoms with Crippen LogP contribution < -0.4 is 0 Å². The summed E-state index contributed by atoms with van der Waals surface area (Å²) in [5, 5.41) is 0. The lowest BCUT2D eigenvalue weighted by Gasteiger charge is -2.36. The summed E-state index contributed by atoms with van der Waals surface area (Å²) in [5.41, 5.74) is 3.94. The van der Waals surface area contributed by atoms with Crippen LogP contribution in [0, 0.1) is 13.8 Å². The van der Waals surface area contributed by atoms with Crippen LogP contribution in [0.5, 0.6) is 0 Å². The lowest BCUT2D eigenvalue weighted by Crippen LogP contribution is -2.54. The molecule has 1 aliphatic heterocycles. The second kappa shape index (κ2) is 8.69. The summed E-state index contributed by atoms with van der Waals surface area (Å²) in [6.45, 7) is 10.1. The van der Waals surface area contributed by atoms with E-state index in [0.29, 0.717) is 44.8 Å². The topological polar surface area (TPSA) is 65.9 Å².